The van der Waals surface area contributed by atoms with Crippen LogP contribution in [0.1, 0.15) is 51.3 Å². The van der Waals surface area contributed by atoms with E-state index in [0.29, 0.717) is 13.0 Å². The standard InChI is InChI=1S/C21H30N4O3/c1-15(24-20(27)13-22-19(26)12-21(2,3)4)16-7-8-18(28-5)17(11-16)14-25-10-6-9-23-25/h6-11,15H,12-14H2,1-5H3,(H,22,26)(H,24,27)/t15-/m0/s1. The van der Waals surface area contributed by atoms with E-state index in [9.17, 15) is 9.59 Å². The number of nitrogens with one attached hydrogen (secondary N) is 2. The van der Waals surface area contributed by atoms with Crippen molar-refractivity contribution in [1.29, 1.82) is 0 Å². The van der Waals surface area contributed by atoms with E-state index in [1.807, 2.05) is 62.8 Å². The number of rotatable bonds is 8. The number of amides is 2. The third kappa shape index (κ3) is 6.72. The van der Waals surface area contributed by atoms with Crippen LogP contribution < -0.4 is 15.4 Å². The molecule has 0 radical (unpaired) electrons. The number of aromatic nitrogens is 2. The second kappa shape index (κ2) is 9.39. The summed E-state index contributed by atoms with van der Waals surface area (Å²) < 4.78 is 7.25. The van der Waals surface area contributed by atoms with Crippen LogP contribution in [0.5, 0.6) is 5.75 Å². The molecule has 0 saturated carbocycles. The number of hydrogen-bond acceptors (Lipinski definition) is 4. The molecule has 2 amide bonds. The van der Waals surface area contributed by atoms with Gasteiger partial charge in [-0.2, -0.15) is 5.10 Å². The Labute approximate surface area is 166 Å². The zero-order valence-electron chi connectivity index (χ0n) is 17.3. The molecule has 1 heterocycles. The number of carbonyl (C=O) groups excluding carboxylic acids is 2. The van der Waals surface area contributed by atoms with Gasteiger partial charge in [-0.15, -0.1) is 0 Å². The van der Waals surface area contributed by atoms with E-state index in [2.05, 4.69) is 15.7 Å². The monoisotopic (exact) mass is 386 g/mol. The molecule has 7 nitrogen and oxygen atoms in total. The number of benzene rings is 1. The first-order valence-corrected chi connectivity index (χ1v) is 9.38. The van der Waals surface area contributed by atoms with Crippen molar-refractivity contribution in [3.05, 3.63) is 47.8 Å². The maximum atomic E-state index is 12.2. The Balaban J connectivity index is 1.96. The Morgan fingerprint density at radius 2 is 2.00 bits per heavy atom. The molecule has 0 aliphatic heterocycles. The van der Waals surface area contributed by atoms with E-state index >= 15 is 0 Å². The Morgan fingerprint density at radius 1 is 1.25 bits per heavy atom. The third-order valence-electron chi connectivity index (χ3n) is 4.21. The van der Waals surface area contributed by atoms with E-state index in [-0.39, 0.29) is 29.8 Å². The fourth-order valence-corrected chi connectivity index (χ4v) is 2.86. The number of nitrogens with zero attached hydrogens (tertiary/aromatic N) is 2. The Morgan fingerprint density at radius 3 is 2.61 bits per heavy atom. The molecule has 1 aromatic carbocycles. The average molecular weight is 386 g/mol. The second-order valence-corrected chi connectivity index (χ2v) is 8.08. The minimum atomic E-state index is -0.223. The maximum absolute atomic E-state index is 12.2. The summed E-state index contributed by atoms with van der Waals surface area (Å²) in [4.78, 5) is 24.1. The van der Waals surface area contributed by atoms with E-state index in [4.69, 9.17) is 4.74 Å². The molecule has 0 aliphatic carbocycles. The zero-order valence-corrected chi connectivity index (χ0v) is 17.3. The maximum Gasteiger partial charge on any atom is 0.239 e. The minimum Gasteiger partial charge on any atom is -0.496 e. The predicted molar refractivity (Wildman–Crippen MR) is 108 cm³/mol. The van der Waals surface area contributed by atoms with Crippen LogP contribution in [0.4, 0.5) is 0 Å². The van der Waals surface area contributed by atoms with Crippen molar-refractivity contribution in [1.82, 2.24) is 20.4 Å². The molecule has 0 saturated heterocycles. The lowest BCUT2D eigenvalue weighted by atomic mass is 9.92. The topological polar surface area (TPSA) is 85.3 Å². The molecule has 1 aromatic heterocycles. The Bertz CT molecular complexity index is 794. The molecule has 2 aromatic rings. The van der Waals surface area contributed by atoms with Crippen molar-refractivity contribution < 1.29 is 14.3 Å². The fraction of sp³-hybridized carbons (Fsp3) is 0.476. The van der Waals surface area contributed by atoms with Gasteiger partial charge >= 0.3 is 0 Å². The Hall–Kier alpha value is -2.83. The van der Waals surface area contributed by atoms with Crippen molar-refractivity contribution in [2.45, 2.75) is 46.7 Å². The summed E-state index contributed by atoms with van der Waals surface area (Å²) in [6, 6.07) is 7.49. The van der Waals surface area contributed by atoms with E-state index < -0.39 is 0 Å². The molecule has 0 aliphatic rings. The normalized spacial score (nSPS) is 12.3. The van der Waals surface area contributed by atoms with Crippen LogP contribution in [0.2, 0.25) is 0 Å². The van der Waals surface area contributed by atoms with Gasteiger partial charge in [0.05, 0.1) is 26.2 Å². The molecule has 0 spiro atoms. The van der Waals surface area contributed by atoms with Gasteiger partial charge in [-0.3, -0.25) is 14.3 Å². The number of hydrogen-bond donors (Lipinski definition) is 2. The average Bonchev–Trinajstić information content (AvgIpc) is 3.11. The number of ether oxygens (including phenoxy) is 1. The van der Waals surface area contributed by atoms with Gasteiger partial charge in [-0.05, 0) is 36.1 Å². The van der Waals surface area contributed by atoms with E-state index in [1.165, 1.54) is 0 Å². The molecular formula is C21H30N4O3. The van der Waals surface area contributed by atoms with Crippen LogP contribution in [0, 0.1) is 5.41 Å². The van der Waals surface area contributed by atoms with Gasteiger partial charge in [0, 0.05) is 24.4 Å². The zero-order chi connectivity index (χ0) is 20.7. The van der Waals surface area contributed by atoms with Crippen LogP contribution >= 0.6 is 0 Å². The van der Waals surface area contributed by atoms with Crippen molar-refractivity contribution in [2.75, 3.05) is 13.7 Å². The van der Waals surface area contributed by atoms with Crippen LogP contribution in [-0.4, -0.2) is 35.2 Å². The van der Waals surface area contributed by atoms with Gasteiger partial charge in [0.15, 0.2) is 0 Å². The van der Waals surface area contributed by atoms with Gasteiger partial charge in [-0.1, -0.05) is 26.8 Å². The first-order valence-electron chi connectivity index (χ1n) is 9.38. The van der Waals surface area contributed by atoms with Crippen LogP contribution in [-0.2, 0) is 16.1 Å². The summed E-state index contributed by atoms with van der Waals surface area (Å²) in [5.41, 5.74) is 1.82. The first-order chi connectivity index (χ1) is 13.2. The smallest absolute Gasteiger partial charge is 0.239 e. The summed E-state index contributed by atoms with van der Waals surface area (Å²) in [5, 5.41) is 9.82. The SMILES string of the molecule is COc1ccc([C@H](C)NC(=O)CNC(=O)CC(C)(C)C)cc1Cn1cccn1. The van der Waals surface area contributed by atoms with E-state index in [1.54, 1.807) is 13.3 Å². The third-order valence-corrected chi connectivity index (χ3v) is 4.21. The molecule has 28 heavy (non-hydrogen) atoms. The highest BCUT2D eigenvalue weighted by Crippen LogP contribution is 2.24. The lowest BCUT2D eigenvalue weighted by Crippen LogP contribution is -2.39. The van der Waals surface area contributed by atoms with Crippen molar-refractivity contribution >= 4 is 11.8 Å². The highest BCUT2D eigenvalue weighted by Gasteiger charge is 2.17. The van der Waals surface area contributed by atoms with Gasteiger partial charge in [0.1, 0.15) is 5.75 Å². The molecular weight excluding hydrogens is 356 g/mol. The van der Waals surface area contributed by atoms with Crippen molar-refractivity contribution in [2.24, 2.45) is 5.41 Å². The molecule has 1 atom stereocenters. The lowest BCUT2D eigenvalue weighted by Gasteiger charge is -2.19. The minimum absolute atomic E-state index is 0.0322. The van der Waals surface area contributed by atoms with Crippen molar-refractivity contribution in [3.63, 3.8) is 0 Å². The van der Waals surface area contributed by atoms with Gasteiger partial charge in [-0.25, -0.2) is 0 Å². The number of carbonyl (C=O) groups is 2. The molecule has 2 rings (SSSR count). The molecule has 7 heteroatoms. The van der Waals surface area contributed by atoms with Gasteiger partial charge in [0.2, 0.25) is 11.8 Å². The molecule has 152 valence electrons. The summed E-state index contributed by atoms with van der Waals surface area (Å²) in [6.07, 6.45) is 4.00. The summed E-state index contributed by atoms with van der Waals surface area (Å²) in [5.74, 6) is 0.424. The van der Waals surface area contributed by atoms with Crippen molar-refractivity contribution in [3.8, 4) is 5.75 Å². The summed E-state index contributed by atoms with van der Waals surface area (Å²) >= 11 is 0. The largest absolute Gasteiger partial charge is 0.496 e. The summed E-state index contributed by atoms with van der Waals surface area (Å²) in [6.45, 7) is 8.41. The van der Waals surface area contributed by atoms with Crippen LogP contribution in [0.3, 0.4) is 0 Å². The molecule has 0 bridgehead atoms. The number of methoxy groups -OCH3 is 1. The van der Waals surface area contributed by atoms with Gasteiger partial charge < -0.3 is 15.4 Å². The fourth-order valence-electron chi connectivity index (χ4n) is 2.86. The second-order valence-electron chi connectivity index (χ2n) is 8.08. The van der Waals surface area contributed by atoms with Crippen LogP contribution in [0.15, 0.2) is 36.7 Å². The highest BCUT2D eigenvalue weighted by atomic mass is 16.5. The first kappa shape index (κ1) is 21.5. The van der Waals surface area contributed by atoms with E-state index in [0.717, 1.165) is 16.9 Å². The molecule has 0 fully saturated rings. The molecule has 2 N–H and O–H groups in total. The lowest BCUT2D eigenvalue weighted by molar-refractivity contribution is -0.127. The van der Waals surface area contributed by atoms with Gasteiger partial charge in [0.25, 0.3) is 0 Å². The molecule has 0 unspecified atom stereocenters. The Kier molecular flexibility index (Phi) is 7.20. The van der Waals surface area contributed by atoms with Crippen LogP contribution in [0.25, 0.3) is 0 Å². The quantitative estimate of drug-likeness (QED) is 0.730. The summed E-state index contributed by atoms with van der Waals surface area (Å²) in [7, 11) is 1.63. The predicted octanol–water partition coefficient (Wildman–Crippen LogP) is 2.67. The highest BCUT2D eigenvalue weighted by molar-refractivity contribution is 5.85.